The molecule has 0 fully saturated rings. The van der Waals surface area contributed by atoms with Gasteiger partial charge in [0.15, 0.2) is 0 Å². The highest BCUT2D eigenvalue weighted by atomic mass is 28.4. The molecule has 0 saturated heterocycles. The average Bonchev–Trinajstić information content (AvgIpc) is 2.80. The zero-order chi connectivity index (χ0) is 24.8. The maximum Gasteiger partial charge on any atom is 0.524 e. The molecule has 0 spiro atoms. The summed E-state index contributed by atoms with van der Waals surface area (Å²) in [5.74, 6) is 0. The van der Waals surface area contributed by atoms with Crippen molar-refractivity contribution < 1.29 is 18.1 Å². The highest BCUT2D eigenvalue weighted by Gasteiger charge is 2.49. The van der Waals surface area contributed by atoms with E-state index in [2.05, 4.69) is 26.1 Å². The summed E-state index contributed by atoms with van der Waals surface area (Å²) in [5, 5.41) is 3.26. The van der Waals surface area contributed by atoms with Crippen molar-refractivity contribution in [1.29, 1.82) is 0 Å². The summed E-state index contributed by atoms with van der Waals surface area (Å²) in [5.41, 5.74) is -0.235. The lowest BCUT2D eigenvalue weighted by Crippen LogP contribution is -2.64. The van der Waals surface area contributed by atoms with Crippen LogP contribution in [0.15, 0.2) is 0 Å². The zero-order valence-corrected chi connectivity index (χ0v) is 23.9. The normalized spacial score (nSPS) is 12.7. The van der Waals surface area contributed by atoms with Gasteiger partial charge < -0.3 is 23.5 Å². The van der Waals surface area contributed by atoms with Gasteiger partial charge in [0.2, 0.25) is 0 Å². The van der Waals surface area contributed by atoms with Gasteiger partial charge in [0.1, 0.15) is 5.67 Å². The number of carbonyl (C=O) groups is 1. The zero-order valence-electron chi connectivity index (χ0n) is 22.9. The highest BCUT2D eigenvalue weighted by Crippen LogP contribution is 2.19. The van der Waals surface area contributed by atoms with Crippen molar-refractivity contribution in [2.75, 3.05) is 32.9 Å². The Kier molecular flexibility index (Phi) is 21.5. The van der Waals surface area contributed by atoms with E-state index in [1.54, 1.807) is 0 Å². The number of nitrogens with zero attached hydrogens (tertiary/aromatic N) is 1. The van der Waals surface area contributed by atoms with Crippen molar-refractivity contribution >= 4 is 14.8 Å². The third-order valence-corrected chi connectivity index (χ3v) is 9.50. The summed E-state index contributed by atoms with van der Waals surface area (Å²) in [4.78, 5) is 15.4. The Labute approximate surface area is 206 Å². The number of hydrogen-bond acceptors (Lipinski definition) is 4. The molecule has 198 valence electrons. The lowest BCUT2D eigenvalue weighted by atomic mass is 10.1. The van der Waals surface area contributed by atoms with Gasteiger partial charge in [-0.1, -0.05) is 85.0 Å². The van der Waals surface area contributed by atoms with E-state index in [0.29, 0.717) is 19.8 Å². The lowest BCUT2D eigenvalue weighted by Gasteiger charge is -2.36. The Balaban J connectivity index is 5.08. The number of urea groups is 1. The fourth-order valence-electron chi connectivity index (χ4n) is 4.19. The number of rotatable bonds is 23. The maximum atomic E-state index is 13.4. The molecular weight excluding hydrogens is 432 g/mol. The van der Waals surface area contributed by atoms with E-state index in [9.17, 15) is 4.79 Å². The summed E-state index contributed by atoms with van der Waals surface area (Å²) in [6, 6.07) is -0.0000458. The third kappa shape index (κ3) is 14.4. The van der Waals surface area contributed by atoms with Gasteiger partial charge in [0.25, 0.3) is 0 Å². The number of carbonyl (C=O) groups excluding carboxylic acids is 1. The van der Waals surface area contributed by atoms with Crippen LogP contribution in [-0.4, -0.2) is 58.3 Å². The fourth-order valence-corrected chi connectivity index (χ4v) is 7.05. The molecule has 0 aromatic carbocycles. The molecule has 0 aliphatic rings. The van der Waals surface area contributed by atoms with Gasteiger partial charge in [-0.15, -0.1) is 0 Å². The molecule has 33 heavy (non-hydrogen) atoms. The van der Waals surface area contributed by atoms with Crippen LogP contribution in [0.1, 0.15) is 125 Å². The smallest absolute Gasteiger partial charge is 0.373 e. The molecule has 1 atom stereocenters. The Morgan fingerprint density at radius 1 is 0.667 bits per heavy atom. The molecule has 0 bridgehead atoms. The van der Waals surface area contributed by atoms with Gasteiger partial charge in [0.05, 0.1) is 0 Å². The molecule has 2 amide bonds. The summed E-state index contributed by atoms with van der Waals surface area (Å²) in [6.45, 7) is 15.6. The minimum atomic E-state index is -3.00. The van der Waals surface area contributed by atoms with Gasteiger partial charge in [-0.2, -0.15) is 0 Å². The predicted octanol–water partition coefficient (Wildman–Crippen LogP) is 7.09. The Hall–Kier alpha value is -0.633. The van der Waals surface area contributed by atoms with Gasteiger partial charge in [-0.05, 0) is 40.0 Å². The molecule has 1 unspecified atom stereocenters. The van der Waals surface area contributed by atoms with E-state index in [1.807, 2.05) is 25.7 Å². The van der Waals surface area contributed by atoms with Crippen molar-refractivity contribution in [1.82, 2.24) is 10.2 Å². The van der Waals surface area contributed by atoms with E-state index < -0.39 is 8.80 Å². The predicted molar refractivity (Wildman–Crippen MR) is 142 cm³/mol. The van der Waals surface area contributed by atoms with E-state index in [4.69, 9.17) is 13.3 Å². The number of nitrogens with one attached hydrogen (secondary N) is 1. The first-order chi connectivity index (χ1) is 16.0. The molecule has 6 nitrogen and oxygen atoms in total. The van der Waals surface area contributed by atoms with Crippen molar-refractivity contribution in [3.63, 3.8) is 0 Å². The molecule has 0 aromatic rings. The molecule has 0 aromatic heterocycles. The summed E-state index contributed by atoms with van der Waals surface area (Å²) in [7, 11) is -3.00. The number of amides is 2. The fraction of sp³-hybridized carbons (Fsp3) is 0.962. The average molecular weight is 489 g/mol. The van der Waals surface area contributed by atoms with Crippen LogP contribution in [-0.2, 0) is 13.3 Å². The van der Waals surface area contributed by atoms with Gasteiger partial charge in [-0.3, -0.25) is 0 Å². The molecule has 0 aliphatic carbocycles. The van der Waals surface area contributed by atoms with Crippen molar-refractivity contribution in [2.45, 2.75) is 131 Å². The summed E-state index contributed by atoms with van der Waals surface area (Å²) < 4.78 is 18.2. The number of unbranched alkanes of at least 4 members (excludes halogenated alkanes) is 10. The summed E-state index contributed by atoms with van der Waals surface area (Å²) in [6.07, 6.45) is 15.5. The Morgan fingerprint density at radius 2 is 1.06 bits per heavy atom. The number of hydrogen-bond donors (Lipinski definition) is 1. The second kappa shape index (κ2) is 21.9. The van der Waals surface area contributed by atoms with E-state index in [-0.39, 0.29) is 11.7 Å². The van der Waals surface area contributed by atoms with Gasteiger partial charge in [-0.25, -0.2) is 4.79 Å². The van der Waals surface area contributed by atoms with Crippen LogP contribution in [0.25, 0.3) is 0 Å². The minimum Gasteiger partial charge on any atom is -0.373 e. The minimum absolute atomic E-state index is 0.0000458. The topological polar surface area (TPSA) is 60.0 Å². The van der Waals surface area contributed by atoms with Crippen LogP contribution in [0.4, 0.5) is 4.79 Å². The third-order valence-electron chi connectivity index (χ3n) is 6.02. The highest BCUT2D eigenvalue weighted by molar-refractivity contribution is 6.62. The standard InChI is InChI=1S/C26H56N2O4Si/c1-7-13-15-17-19-21-23-28(24-22-20-18-16-14-8-2)26(29)27-25(9-3)33(30-10-4,31-11-5)32-12-6/h25H,7-24H2,1-6H3,(H,27,29). The van der Waals surface area contributed by atoms with Crippen LogP contribution in [0, 0.1) is 0 Å². The quantitative estimate of drug-likeness (QED) is 0.123. The first-order valence-electron chi connectivity index (χ1n) is 14.0. The molecule has 1 N–H and O–H groups in total. The van der Waals surface area contributed by atoms with Crippen molar-refractivity contribution in [3.8, 4) is 0 Å². The largest absolute Gasteiger partial charge is 0.524 e. The van der Waals surface area contributed by atoms with Crippen LogP contribution >= 0.6 is 0 Å². The lowest BCUT2D eigenvalue weighted by molar-refractivity contribution is 0.0574. The van der Waals surface area contributed by atoms with Crippen molar-refractivity contribution in [2.24, 2.45) is 0 Å². The van der Waals surface area contributed by atoms with Crippen molar-refractivity contribution in [3.05, 3.63) is 0 Å². The second-order valence-corrected chi connectivity index (χ2v) is 11.6. The van der Waals surface area contributed by atoms with E-state index >= 15 is 0 Å². The first kappa shape index (κ1) is 32.4. The maximum absolute atomic E-state index is 13.4. The van der Waals surface area contributed by atoms with Gasteiger partial charge in [0, 0.05) is 32.9 Å². The SMILES string of the molecule is CCCCCCCCN(CCCCCCCC)C(=O)NC(CC)[Si](OCC)(OCC)OCC. The van der Waals surface area contributed by atoms with Crippen LogP contribution < -0.4 is 5.32 Å². The molecule has 0 radical (unpaired) electrons. The monoisotopic (exact) mass is 488 g/mol. The van der Waals surface area contributed by atoms with Gasteiger partial charge >= 0.3 is 14.8 Å². The van der Waals surface area contributed by atoms with E-state index in [0.717, 1.165) is 32.4 Å². The molecule has 0 aliphatic heterocycles. The van der Waals surface area contributed by atoms with Crippen LogP contribution in [0.2, 0.25) is 0 Å². The molecule has 7 heteroatoms. The first-order valence-corrected chi connectivity index (χ1v) is 15.8. The Morgan fingerprint density at radius 3 is 1.42 bits per heavy atom. The van der Waals surface area contributed by atoms with Crippen LogP contribution in [0.3, 0.4) is 0 Å². The van der Waals surface area contributed by atoms with E-state index in [1.165, 1.54) is 64.2 Å². The molecule has 0 saturated carbocycles. The molecular formula is C26H56N2O4Si. The molecule has 0 heterocycles. The van der Waals surface area contributed by atoms with Crippen LogP contribution in [0.5, 0.6) is 0 Å². The molecule has 0 rings (SSSR count). The Bertz CT molecular complexity index is 421. The summed E-state index contributed by atoms with van der Waals surface area (Å²) >= 11 is 0. The second-order valence-electron chi connectivity index (χ2n) is 8.84.